The monoisotopic (exact) mass is 440 g/mol. The van der Waals surface area contributed by atoms with Gasteiger partial charge >= 0.3 is 6.03 Å². The number of hydrogen-bond acceptors (Lipinski definition) is 4. The first-order valence-electron chi connectivity index (χ1n) is 10.2. The minimum absolute atomic E-state index is 0.314. The smallest absolute Gasteiger partial charge is 0.319 e. The van der Waals surface area contributed by atoms with Crippen LogP contribution in [0, 0.1) is 17.7 Å². The van der Waals surface area contributed by atoms with Gasteiger partial charge in [-0.15, -0.1) is 0 Å². The summed E-state index contributed by atoms with van der Waals surface area (Å²) in [6.45, 7) is 0.896. The molecule has 2 aromatic heterocycles. The number of benzene rings is 2. The number of hydrogen-bond donors (Lipinski definition) is 3. The number of aromatic nitrogens is 3. The quantitative estimate of drug-likeness (QED) is 0.410. The van der Waals surface area contributed by atoms with E-state index < -0.39 is 0 Å². The number of urea groups is 1. The van der Waals surface area contributed by atoms with E-state index in [4.69, 9.17) is 5.73 Å². The molecule has 164 valence electrons. The number of nitrogens with zero attached hydrogens (tertiary/aromatic N) is 3. The van der Waals surface area contributed by atoms with Gasteiger partial charge < -0.3 is 20.9 Å². The first-order chi connectivity index (χ1) is 16.1. The van der Waals surface area contributed by atoms with E-state index in [2.05, 4.69) is 32.4 Å². The van der Waals surface area contributed by atoms with Crippen molar-refractivity contribution in [1.82, 2.24) is 19.9 Å². The normalized spacial score (nSPS) is 10.2. The van der Waals surface area contributed by atoms with Gasteiger partial charge in [-0.1, -0.05) is 17.9 Å². The predicted octanol–water partition coefficient (Wildman–Crippen LogP) is 3.89. The highest BCUT2D eigenvalue weighted by Gasteiger charge is 2.08. The van der Waals surface area contributed by atoms with Crippen LogP contribution in [0.4, 0.5) is 20.8 Å². The molecule has 33 heavy (non-hydrogen) atoms. The maximum absolute atomic E-state index is 13.2. The van der Waals surface area contributed by atoms with Crippen LogP contribution in [0.25, 0.3) is 11.1 Å². The summed E-state index contributed by atoms with van der Waals surface area (Å²) in [6.07, 6.45) is 6.77. The number of carbonyl (C=O) groups excluding carboxylic acids is 1. The van der Waals surface area contributed by atoms with E-state index in [9.17, 15) is 9.18 Å². The molecule has 0 aliphatic rings. The summed E-state index contributed by atoms with van der Waals surface area (Å²) >= 11 is 0. The fourth-order valence-electron chi connectivity index (χ4n) is 3.18. The number of imidazole rings is 1. The van der Waals surface area contributed by atoms with E-state index in [-0.39, 0.29) is 11.8 Å². The van der Waals surface area contributed by atoms with Crippen molar-refractivity contribution in [2.24, 2.45) is 0 Å². The van der Waals surface area contributed by atoms with Gasteiger partial charge in [0.1, 0.15) is 5.82 Å². The van der Waals surface area contributed by atoms with Gasteiger partial charge in [-0.3, -0.25) is 4.98 Å². The Kier molecular flexibility index (Phi) is 6.61. The first-order valence-corrected chi connectivity index (χ1v) is 10.2. The topological polar surface area (TPSA) is 97.9 Å². The largest absolute Gasteiger partial charge is 0.369 e. The molecule has 0 atom stereocenters. The van der Waals surface area contributed by atoms with Crippen molar-refractivity contribution < 1.29 is 9.18 Å². The molecule has 0 spiro atoms. The van der Waals surface area contributed by atoms with Crippen LogP contribution < -0.4 is 16.4 Å². The van der Waals surface area contributed by atoms with Crippen molar-refractivity contribution in [1.29, 1.82) is 0 Å². The van der Waals surface area contributed by atoms with E-state index in [0.29, 0.717) is 30.3 Å². The van der Waals surface area contributed by atoms with Gasteiger partial charge in [0.25, 0.3) is 0 Å². The average Bonchev–Trinajstić information content (AvgIpc) is 3.24. The first kappa shape index (κ1) is 21.6. The summed E-state index contributed by atoms with van der Waals surface area (Å²) in [4.78, 5) is 20.4. The standard InChI is InChI=1S/C25H21FN6O/c26-21-5-2-18(3-6-21)1-4-20-17-22(7-8-23(20)19-9-11-28-12-10-19)31-25(33)30-14-16-32-15-13-29-24(32)27/h2-3,5-13,15,17H,14,16H2,(H2,27,29)(H2,30,31,33). The Morgan fingerprint density at radius 3 is 2.55 bits per heavy atom. The van der Waals surface area contributed by atoms with Gasteiger partial charge in [0.15, 0.2) is 5.95 Å². The molecule has 0 aliphatic heterocycles. The molecular formula is C25H21FN6O. The van der Waals surface area contributed by atoms with Crippen LogP contribution in [-0.2, 0) is 6.54 Å². The number of halogens is 1. The molecule has 2 aromatic carbocycles. The second-order valence-electron chi connectivity index (χ2n) is 7.11. The van der Waals surface area contributed by atoms with Crippen LogP contribution in [0.15, 0.2) is 79.4 Å². The summed E-state index contributed by atoms with van der Waals surface area (Å²) in [7, 11) is 0. The van der Waals surface area contributed by atoms with Gasteiger partial charge in [0.2, 0.25) is 0 Å². The zero-order chi connectivity index (χ0) is 23.0. The Morgan fingerprint density at radius 2 is 1.82 bits per heavy atom. The van der Waals surface area contributed by atoms with E-state index in [0.717, 1.165) is 16.7 Å². The average molecular weight is 440 g/mol. The molecule has 0 aliphatic carbocycles. The van der Waals surface area contributed by atoms with Gasteiger partial charge in [-0.05, 0) is 59.7 Å². The van der Waals surface area contributed by atoms with E-state index >= 15 is 0 Å². The molecule has 0 saturated heterocycles. The molecule has 4 N–H and O–H groups in total. The number of anilines is 2. The van der Waals surface area contributed by atoms with Crippen molar-refractivity contribution in [3.8, 4) is 23.0 Å². The van der Waals surface area contributed by atoms with E-state index in [1.54, 1.807) is 47.6 Å². The highest BCUT2D eigenvalue weighted by Crippen LogP contribution is 2.25. The molecular weight excluding hydrogens is 419 g/mol. The Labute approximate surface area is 190 Å². The number of amides is 2. The number of nitrogens with one attached hydrogen (secondary N) is 2. The number of nitrogen functional groups attached to an aromatic ring is 1. The molecule has 0 fully saturated rings. The van der Waals surface area contributed by atoms with Crippen molar-refractivity contribution in [3.63, 3.8) is 0 Å². The molecule has 2 amide bonds. The van der Waals surface area contributed by atoms with Crippen LogP contribution in [0.5, 0.6) is 0 Å². The fourth-order valence-corrected chi connectivity index (χ4v) is 3.18. The lowest BCUT2D eigenvalue weighted by atomic mass is 10.00. The lowest BCUT2D eigenvalue weighted by Gasteiger charge is -2.11. The summed E-state index contributed by atoms with van der Waals surface area (Å²) in [5.74, 6) is 6.28. The molecule has 2 heterocycles. The van der Waals surface area contributed by atoms with Crippen molar-refractivity contribution in [2.45, 2.75) is 6.54 Å². The van der Waals surface area contributed by atoms with Crippen molar-refractivity contribution >= 4 is 17.7 Å². The molecule has 7 nitrogen and oxygen atoms in total. The van der Waals surface area contributed by atoms with Gasteiger partial charge in [0, 0.05) is 54.7 Å². The van der Waals surface area contributed by atoms with Gasteiger partial charge in [0.05, 0.1) is 0 Å². The van der Waals surface area contributed by atoms with Crippen LogP contribution in [0.1, 0.15) is 11.1 Å². The minimum Gasteiger partial charge on any atom is -0.369 e. The fraction of sp³-hybridized carbons (Fsp3) is 0.0800. The number of rotatable bonds is 5. The number of pyridine rings is 1. The third kappa shape index (κ3) is 5.74. The summed E-state index contributed by atoms with van der Waals surface area (Å²) in [6, 6.07) is 14.9. The minimum atomic E-state index is -0.345. The molecule has 0 bridgehead atoms. The predicted molar refractivity (Wildman–Crippen MR) is 126 cm³/mol. The van der Waals surface area contributed by atoms with Crippen molar-refractivity contribution in [3.05, 3.63) is 96.3 Å². The number of carbonyl (C=O) groups is 1. The molecule has 0 unspecified atom stereocenters. The molecule has 4 rings (SSSR count). The maximum Gasteiger partial charge on any atom is 0.319 e. The molecule has 4 aromatic rings. The van der Waals surface area contributed by atoms with Crippen LogP contribution in [0.3, 0.4) is 0 Å². The lowest BCUT2D eigenvalue weighted by molar-refractivity contribution is 0.251. The summed E-state index contributed by atoms with van der Waals surface area (Å²) < 4.78 is 14.9. The van der Waals surface area contributed by atoms with Crippen LogP contribution >= 0.6 is 0 Å². The summed E-state index contributed by atoms with van der Waals surface area (Å²) in [5, 5.41) is 5.62. The third-order valence-electron chi connectivity index (χ3n) is 4.84. The second kappa shape index (κ2) is 10.1. The highest BCUT2D eigenvalue weighted by atomic mass is 19.1. The zero-order valence-corrected chi connectivity index (χ0v) is 17.6. The SMILES string of the molecule is Nc1nccn1CCNC(=O)Nc1ccc(-c2ccncc2)c(C#Cc2ccc(F)cc2)c1. The van der Waals surface area contributed by atoms with Gasteiger partial charge in [-0.2, -0.15) is 0 Å². The highest BCUT2D eigenvalue weighted by molar-refractivity contribution is 5.90. The zero-order valence-electron chi connectivity index (χ0n) is 17.6. The molecule has 8 heteroatoms. The maximum atomic E-state index is 13.2. The Hall–Kier alpha value is -4.64. The van der Waals surface area contributed by atoms with E-state index in [1.807, 2.05) is 24.3 Å². The Bertz CT molecular complexity index is 1310. The number of nitrogens with two attached hydrogens (primary N) is 1. The van der Waals surface area contributed by atoms with E-state index in [1.165, 1.54) is 12.1 Å². The Morgan fingerprint density at radius 1 is 1.03 bits per heavy atom. The van der Waals surface area contributed by atoms with Gasteiger partial charge in [-0.25, -0.2) is 14.2 Å². The van der Waals surface area contributed by atoms with Crippen LogP contribution in [0.2, 0.25) is 0 Å². The lowest BCUT2D eigenvalue weighted by Crippen LogP contribution is -2.31. The Balaban J connectivity index is 1.52. The summed E-state index contributed by atoms with van der Waals surface area (Å²) in [5.41, 5.74) is 9.57. The third-order valence-corrected chi connectivity index (χ3v) is 4.84. The van der Waals surface area contributed by atoms with Crippen molar-refractivity contribution in [2.75, 3.05) is 17.6 Å². The molecule has 0 saturated carbocycles. The molecule has 0 radical (unpaired) electrons. The van der Waals surface area contributed by atoms with Crippen LogP contribution in [-0.4, -0.2) is 27.1 Å². The second-order valence-corrected chi connectivity index (χ2v) is 7.11.